The molecule has 1 atom stereocenters. The molecule has 1 fully saturated rings. The first-order valence-electron chi connectivity index (χ1n) is 4.89. The molecule has 3 N–H and O–H groups in total. The molecule has 0 aliphatic carbocycles. The molecule has 1 heterocycles. The molecule has 4 heteroatoms. The van der Waals surface area contributed by atoms with Crippen LogP contribution in [0.25, 0.3) is 0 Å². The lowest BCUT2D eigenvalue weighted by molar-refractivity contribution is 0.199. The van der Waals surface area contributed by atoms with Crippen LogP contribution in [0.5, 0.6) is 0 Å². The van der Waals surface area contributed by atoms with E-state index in [1.165, 1.54) is 0 Å². The summed E-state index contributed by atoms with van der Waals surface area (Å²) in [5.74, 6) is 0.623. The second-order valence-electron chi connectivity index (χ2n) is 3.95. The molecule has 0 aromatic carbocycles. The highest BCUT2D eigenvalue weighted by atomic mass is 16.2. The largest absolute Gasteiger partial charge is 0.336 e. The molecule has 1 unspecified atom stereocenters. The van der Waals surface area contributed by atoms with Crippen LogP contribution in [0.4, 0.5) is 4.79 Å². The summed E-state index contributed by atoms with van der Waals surface area (Å²) >= 11 is 0. The zero-order valence-corrected chi connectivity index (χ0v) is 8.42. The predicted molar refractivity (Wildman–Crippen MR) is 52.4 cm³/mol. The van der Waals surface area contributed by atoms with Gasteiger partial charge in [-0.2, -0.15) is 0 Å². The van der Waals surface area contributed by atoms with Crippen molar-refractivity contribution in [3.63, 3.8) is 0 Å². The molecular weight excluding hydrogens is 166 g/mol. The summed E-state index contributed by atoms with van der Waals surface area (Å²) < 4.78 is 0. The molecule has 76 valence electrons. The zero-order chi connectivity index (χ0) is 9.84. The Morgan fingerprint density at radius 1 is 1.69 bits per heavy atom. The van der Waals surface area contributed by atoms with E-state index in [0.29, 0.717) is 25.0 Å². The van der Waals surface area contributed by atoms with Crippen molar-refractivity contribution in [1.82, 2.24) is 10.2 Å². The maximum atomic E-state index is 11.3. The Morgan fingerprint density at radius 3 is 2.92 bits per heavy atom. The molecule has 1 rings (SSSR count). The average Bonchev–Trinajstić information content (AvgIpc) is 2.35. The van der Waals surface area contributed by atoms with Gasteiger partial charge in [-0.05, 0) is 12.3 Å². The van der Waals surface area contributed by atoms with Crippen LogP contribution in [0, 0.1) is 5.92 Å². The molecule has 2 amide bonds. The van der Waals surface area contributed by atoms with Gasteiger partial charge in [0.15, 0.2) is 0 Å². The summed E-state index contributed by atoms with van der Waals surface area (Å²) in [6.07, 6.45) is 1.05. The number of carbonyl (C=O) groups excluding carboxylic acids is 1. The Kier molecular flexibility index (Phi) is 3.54. The van der Waals surface area contributed by atoms with Gasteiger partial charge >= 0.3 is 6.03 Å². The number of rotatable bonds is 4. The molecule has 0 aromatic rings. The van der Waals surface area contributed by atoms with Gasteiger partial charge in [-0.25, -0.2) is 4.79 Å². The lowest BCUT2D eigenvalue weighted by Gasteiger charge is -2.23. The summed E-state index contributed by atoms with van der Waals surface area (Å²) in [7, 11) is 0. The van der Waals surface area contributed by atoms with E-state index < -0.39 is 0 Å². The van der Waals surface area contributed by atoms with Crippen LogP contribution in [-0.2, 0) is 0 Å². The van der Waals surface area contributed by atoms with Crippen LogP contribution < -0.4 is 11.1 Å². The zero-order valence-electron chi connectivity index (χ0n) is 8.42. The van der Waals surface area contributed by atoms with Crippen molar-refractivity contribution in [2.24, 2.45) is 11.7 Å². The van der Waals surface area contributed by atoms with Crippen LogP contribution in [0.15, 0.2) is 0 Å². The van der Waals surface area contributed by atoms with Crippen molar-refractivity contribution < 1.29 is 4.79 Å². The van der Waals surface area contributed by atoms with Crippen LogP contribution in [-0.4, -0.2) is 36.6 Å². The van der Waals surface area contributed by atoms with Gasteiger partial charge < -0.3 is 16.0 Å². The second kappa shape index (κ2) is 4.46. The van der Waals surface area contributed by atoms with E-state index in [1.807, 2.05) is 4.90 Å². The van der Waals surface area contributed by atoms with Crippen LogP contribution in [0.1, 0.15) is 20.3 Å². The predicted octanol–water partition coefficient (Wildman–Crippen LogP) is 0.385. The van der Waals surface area contributed by atoms with Gasteiger partial charge in [0.25, 0.3) is 0 Å². The number of hydrogen-bond acceptors (Lipinski definition) is 2. The van der Waals surface area contributed by atoms with Crippen molar-refractivity contribution in [1.29, 1.82) is 0 Å². The maximum Gasteiger partial charge on any atom is 0.317 e. The average molecular weight is 185 g/mol. The van der Waals surface area contributed by atoms with Crippen LogP contribution >= 0.6 is 0 Å². The van der Waals surface area contributed by atoms with Gasteiger partial charge in [0, 0.05) is 19.6 Å². The molecule has 0 spiro atoms. The fourth-order valence-corrected chi connectivity index (χ4v) is 1.76. The minimum Gasteiger partial charge on any atom is -0.336 e. The number of nitrogens with two attached hydrogens (primary N) is 1. The fourth-order valence-electron chi connectivity index (χ4n) is 1.76. The molecule has 1 aliphatic rings. The van der Waals surface area contributed by atoms with E-state index in [0.717, 1.165) is 13.0 Å². The third-order valence-electron chi connectivity index (χ3n) is 2.30. The molecule has 0 bridgehead atoms. The summed E-state index contributed by atoms with van der Waals surface area (Å²) in [5.41, 5.74) is 5.44. The summed E-state index contributed by atoms with van der Waals surface area (Å²) in [4.78, 5) is 13.2. The number of hydrogen-bond donors (Lipinski definition) is 2. The maximum absolute atomic E-state index is 11.3. The molecule has 4 nitrogen and oxygen atoms in total. The first kappa shape index (κ1) is 10.3. The van der Waals surface area contributed by atoms with Crippen molar-refractivity contribution in [3.8, 4) is 0 Å². The number of nitrogens with one attached hydrogen (secondary N) is 1. The Balaban J connectivity index is 2.48. The van der Waals surface area contributed by atoms with E-state index in [-0.39, 0.29) is 6.03 Å². The molecular formula is C9H19N3O. The molecule has 1 aliphatic heterocycles. The lowest BCUT2D eigenvalue weighted by atomic mass is 10.0. The number of urea groups is 1. The Morgan fingerprint density at radius 2 is 2.38 bits per heavy atom. The Bertz CT molecular complexity index is 182. The van der Waals surface area contributed by atoms with E-state index in [1.54, 1.807) is 0 Å². The highest BCUT2D eigenvalue weighted by molar-refractivity contribution is 5.76. The summed E-state index contributed by atoms with van der Waals surface area (Å²) in [6, 6.07) is 0.382. The quantitative estimate of drug-likeness (QED) is 0.665. The smallest absolute Gasteiger partial charge is 0.317 e. The number of carbonyl (C=O) groups is 1. The second-order valence-corrected chi connectivity index (χ2v) is 3.95. The third-order valence-corrected chi connectivity index (χ3v) is 2.30. The lowest BCUT2D eigenvalue weighted by Crippen LogP contribution is -2.38. The highest BCUT2D eigenvalue weighted by Crippen LogP contribution is 2.14. The van der Waals surface area contributed by atoms with Gasteiger partial charge in [0.1, 0.15) is 0 Å². The SMILES string of the molecule is CC(C)CC1CNC(=O)N1CCN. The molecule has 0 radical (unpaired) electrons. The first-order chi connectivity index (χ1) is 6.15. The van der Waals surface area contributed by atoms with E-state index in [4.69, 9.17) is 5.73 Å². The summed E-state index contributed by atoms with van der Waals surface area (Å²) in [6.45, 7) is 6.33. The van der Waals surface area contributed by atoms with Gasteiger partial charge in [0.2, 0.25) is 0 Å². The van der Waals surface area contributed by atoms with Crippen LogP contribution in [0.2, 0.25) is 0 Å². The van der Waals surface area contributed by atoms with Crippen molar-refractivity contribution in [2.75, 3.05) is 19.6 Å². The standard InChI is InChI=1S/C9H19N3O/c1-7(2)5-8-6-11-9(13)12(8)4-3-10/h7-8H,3-6,10H2,1-2H3,(H,11,13). The first-order valence-corrected chi connectivity index (χ1v) is 4.89. The monoisotopic (exact) mass is 185 g/mol. The number of nitrogens with zero attached hydrogens (tertiary/aromatic N) is 1. The number of amides is 2. The minimum absolute atomic E-state index is 0.0381. The fraction of sp³-hybridized carbons (Fsp3) is 0.889. The molecule has 1 saturated heterocycles. The van der Waals surface area contributed by atoms with Crippen molar-refractivity contribution in [3.05, 3.63) is 0 Å². The van der Waals surface area contributed by atoms with E-state index >= 15 is 0 Å². The minimum atomic E-state index is 0.0381. The molecule has 0 saturated carbocycles. The van der Waals surface area contributed by atoms with Gasteiger partial charge in [0.05, 0.1) is 6.04 Å². The van der Waals surface area contributed by atoms with E-state index in [9.17, 15) is 4.79 Å². The summed E-state index contributed by atoms with van der Waals surface area (Å²) in [5, 5.41) is 2.84. The Labute approximate surface area is 79.5 Å². The normalized spacial score (nSPS) is 22.6. The molecule has 13 heavy (non-hydrogen) atoms. The highest BCUT2D eigenvalue weighted by Gasteiger charge is 2.29. The van der Waals surface area contributed by atoms with Crippen molar-refractivity contribution >= 4 is 6.03 Å². The van der Waals surface area contributed by atoms with Gasteiger partial charge in [-0.3, -0.25) is 0 Å². The van der Waals surface area contributed by atoms with Crippen LogP contribution in [0.3, 0.4) is 0 Å². The van der Waals surface area contributed by atoms with E-state index in [2.05, 4.69) is 19.2 Å². The van der Waals surface area contributed by atoms with Gasteiger partial charge in [-0.15, -0.1) is 0 Å². The van der Waals surface area contributed by atoms with Crippen molar-refractivity contribution in [2.45, 2.75) is 26.3 Å². The Hall–Kier alpha value is -0.770. The third kappa shape index (κ3) is 2.59. The van der Waals surface area contributed by atoms with Gasteiger partial charge in [-0.1, -0.05) is 13.8 Å². The topological polar surface area (TPSA) is 58.4 Å². The molecule has 0 aromatic heterocycles.